The number of nitro benzene ring substituents is 1. The Labute approximate surface area is 180 Å². The molecule has 2 aromatic carbocycles. The summed E-state index contributed by atoms with van der Waals surface area (Å²) in [5.41, 5.74) is 2.39. The fourth-order valence-electron chi connectivity index (χ4n) is 3.84. The maximum Gasteiger partial charge on any atom is 0.293 e. The molecule has 2 aliphatic rings. The average molecular weight is 422 g/mol. The summed E-state index contributed by atoms with van der Waals surface area (Å²) < 4.78 is 0. The Morgan fingerprint density at radius 3 is 2.39 bits per heavy atom. The van der Waals surface area contributed by atoms with Crippen molar-refractivity contribution in [3.05, 3.63) is 63.7 Å². The highest BCUT2D eigenvalue weighted by molar-refractivity contribution is 5.96. The molecule has 8 heteroatoms. The van der Waals surface area contributed by atoms with Crippen molar-refractivity contribution >= 4 is 28.9 Å². The van der Waals surface area contributed by atoms with Crippen LogP contribution in [0.5, 0.6) is 0 Å². The van der Waals surface area contributed by atoms with Crippen LogP contribution in [0.1, 0.15) is 54.6 Å². The molecule has 2 fully saturated rings. The van der Waals surface area contributed by atoms with E-state index in [0.717, 1.165) is 50.0 Å². The summed E-state index contributed by atoms with van der Waals surface area (Å²) in [7, 11) is 0. The van der Waals surface area contributed by atoms with Gasteiger partial charge in [-0.15, -0.1) is 0 Å². The Bertz CT molecular complexity index is 995. The van der Waals surface area contributed by atoms with Crippen LogP contribution in [0.3, 0.4) is 0 Å². The molecule has 1 atom stereocenters. The molecule has 4 rings (SSSR count). The molecule has 1 unspecified atom stereocenters. The molecule has 0 spiro atoms. The number of nitrogens with zero attached hydrogens (tertiary/aromatic N) is 2. The Morgan fingerprint density at radius 1 is 1.10 bits per heavy atom. The van der Waals surface area contributed by atoms with Crippen LogP contribution in [0.15, 0.2) is 42.5 Å². The Morgan fingerprint density at radius 2 is 1.77 bits per heavy atom. The third-order valence-corrected chi connectivity index (χ3v) is 5.86. The van der Waals surface area contributed by atoms with Gasteiger partial charge in [0.15, 0.2) is 0 Å². The fraction of sp³-hybridized carbons (Fsp3) is 0.391. The van der Waals surface area contributed by atoms with Gasteiger partial charge in [-0.1, -0.05) is 12.1 Å². The van der Waals surface area contributed by atoms with Gasteiger partial charge >= 0.3 is 0 Å². The smallest absolute Gasteiger partial charge is 0.293 e. The molecule has 1 saturated carbocycles. The Balaban J connectivity index is 1.42. The predicted molar refractivity (Wildman–Crippen MR) is 118 cm³/mol. The lowest BCUT2D eigenvalue weighted by atomic mass is 10.1. The molecular weight excluding hydrogens is 396 g/mol. The van der Waals surface area contributed by atoms with Gasteiger partial charge in [0.1, 0.15) is 5.69 Å². The lowest BCUT2D eigenvalue weighted by Crippen LogP contribution is -2.27. The number of amides is 2. The molecule has 1 heterocycles. The molecular formula is C23H26N4O4. The zero-order valence-electron chi connectivity index (χ0n) is 17.5. The Hall–Kier alpha value is -3.42. The van der Waals surface area contributed by atoms with Crippen LogP contribution < -0.4 is 15.5 Å². The molecule has 2 N–H and O–H groups in total. The second-order valence-corrected chi connectivity index (χ2v) is 8.24. The molecule has 31 heavy (non-hydrogen) atoms. The van der Waals surface area contributed by atoms with Gasteiger partial charge in [0, 0.05) is 36.3 Å². The number of benzene rings is 2. The van der Waals surface area contributed by atoms with Gasteiger partial charge in [-0.25, -0.2) is 0 Å². The second kappa shape index (κ2) is 8.75. The van der Waals surface area contributed by atoms with Crippen molar-refractivity contribution in [1.82, 2.24) is 5.32 Å². The minimum atomic E-state index is -0.428. The third-order valence-electron chi connectivity index (χ3n) is 5.86. The normalized spacial score (nSPS) is 16.6. The molecule has 1 aliphatic heterocycles. The minimum Gasteiger partial charge on any atom is -0.366 e. The summed E-state index contributed by atoms with van der Waals surface area (Å²) in [6.45, 7) is 3.43. The van der Waals surface area contributed by atoms with E-state index in [4.69, 9.17) is 0 Å². The first kappa shape index (κ1) is 20.8. The second-order valence-electron chi connectivity index (χ2n) is 8.24. The van der Waals surface area contributed by atoms with Crippen LogP contribution in [0, 0.1) is 16.0 Å². The van der Waals surface area contributed by atoms with E-state index in [-0.39, 0.29) is 35.0 Å². The third kappa shape index (κ3) is 4.84. The van der Waals surface area contributed by atoms with E-state index in [1.165, 1.54) is 6.07 Å². The van der Waals surface area contributed by atoms with Crippen molar-refractivity contribution in [1.29, 1.82) is 0 Å². The molecule has 162 valence electrons. The Kier molecular flexibility index (Phi) is 5.88. The number of rotatable bonds is 7. The first-order valence-corrected chi connectivity index (χ1v) is 10.7. The first-order valence-electron chi connectivity index (χ1n) is 10.7. The van der Waals surface area contributed by atoms with E-state index in [1.54, 1.807) is 12.1 Å². The molecule has 0 bridgehead atoms. The standard InChI is InChI=1S/C23H26N4O4/c1-15(16-6-9-19(10-7-16)25-22(28)17-4-5-17)24-23(29)18-8-11-20(21(14-18)27(30)31)26-12-2-3-13-26/h6-11,14-15,17H,2-5,12-13H2,1H3,(H,24,29)(H,25,28). The highest BCUT2D eigenvalue weighted by Crippen LogP contribution is 2.32. The highest BCUT2D eigenvalue weighted by Gasteiger charge is 2.29. The molecule has 2 amide bonds. The summed E-state index contributed by atoms with van der Waals surface area (Å²) in [5, 5.41) is 17.3. The van der Waals surface area contributed by atoms with Crippen molar-refractivity contribution in [3.63, 3.8) is 0 Å². The predicted octanol–water partition coefficient (Wildman–Crippen LogP) is 4.03. The van der Waals surface area contributed by atoms with E-state index in [1.807, 2.05) is 36.1 Å². The minimum absolute atomic E-state index is 0.0436. The highest BCUT2D eigenvalue weighted by atomic mass is 16.6. The molecule has 2 aromatic rings. The van der Waals surface area contributed by atoms with Crippen LogP contribution in [0.2, 0.25) is 0 Å². The number of anilines is 2. The largest absolute Gasteiger partial charge is 0.366 e. The topological polar surface area (TPSA) is 105 Å². The monoisotopic (exact) mass is 422 g/mol. The summed E-state index contributed by atoms with van der Waals surface area (Å²) in [4.78, 5) is 37.7. The molecule has 1 aliphatic carbocycles. The lowest BCUT2D eigenvalue weighted by Gasteiger charge is -2.18. The number of nitro groups is 1. The first-order chi connectivity index (χ1) is 14.9. The van der Waals surface area contributed by atoms with Crippen LogP contribution in [-0.2, 0) is 4.79 Å². The van der Waals surface area contributed by atoms with Crippen molar-refractivity contribution in [2.24, 2.45) is 5.92 Å². The van der Waals surface area contributed by atoms with Crippen molar-refractivity contribution < 1.29 is 14.5 Å². The van der Waals surface area contributed by atoms with Gasteiger partial charge in [0.2, 0.25) is 5.91 Å². The average Bonchev–Trinajstić information content (AvgIpc) is 3.48. The summed E-state index contributed by atoms with van der Waals surface area (Å²) in [6, 6.07) is 11.7. The van der Waals surface area contributed by atoms with Crippen molar-refractivity contribution in [2.75, 3.05) is 23.3 Å². The van der Waals surface area contributed by atoms with Crippen LogP contribution in [-0.4, -0.2) is 29.8 Å². The number of carbonyl (C=O) groups excluding carboxylic acids is 2. The number of hydrogen-bond donors (Lipinski definition) is 2. The van der Waals surface area contributed by atoms with E-state index >= 15 is 0 Å². The number of nitrogens with one attached hydrogen (secondary N) is 2. The van der Waals surface area contributed by atoms with Crippen LogP contribution in [0.4, 0.5) is 17.1 Å². The zero-order chi connectivity index (χ0) is 22.0. The SMILES string of the molecule is CC(NC(=O)c1ccc(N2CCCC2)c([N+](=O)[O-])c1)c1ccc(NC(=O)C2CC2)cc1. The zero-order valence-corrected chi connectivity index (χ0v) is 17.5. The summed E-state index contributed by atoms with van der Waals surface area (Å²) in [6.07, 6.45) is 3.92. The maximum atomic E-state index is 12.7. The number of hydrogen-bond acceptors (Lipinski definition) is 5. The van der Waals surface area contributed by atoms with Gasteiger partial charge in [0.05, 0.1) is 11.0 Å². The summed E-state index contributed by atoms with van der Waals surface area (Å²) in [5.74, 6) is -0.179. The van der Waals surface area contributed by atoms with Crippen LogP contribution in [0.25, 0.3) is 0 Å². The number of carbonyl (C=O) groups is 2. The van der Waals surface area contributed by atoms with E-state index in [2.05, 4.69) is 10.6 Å². The van der Waals surface area contributed by atoms with Crippen LogP contribution >= 0.6 is 0 Å². The fourth-order valence-corrected chi connectivity index (χ4v) is 3.84. The van der Waals surface area contributed by atoms with Gasteiger partial charge in [-0.2, -0.15) is 0 Å². The van der Waals surface area contributed by atoms with Gasteiger partial charge < -0.3 is 15.5 Å². The molecule has 1 saturated heterocycles. The quantitative estimate of drug-likeness (QED) is 0.518. The van der Waals surface area contributed by atoms with Crippen molar-refractivity contribution in [3.8, 4) is 0 Å². The van der Waals surface area contributed by atoms with Crippen molar-refractivity contribution in [2.45, 2.75) is 38.6 Å². The van der Waals surface area contributed by atoms with Gasteiger partial charge in [0.25, 0.3) is 11.6 Å². The maximum absolute atomic E-state index is 12.7. The van der Waals surface area contributed by atoms with Gasteiger partial charge in [-0.05, 0) is 62.4 Å². The van der Waals surface area contributed by atoms with E-state index in [0.29, 0.717) is 5.69 Å². The lowest BCUT2D eigenvalue weighted by molar-refractivity contribution is -0.384. The van der Waals surface area contributed by atoms with E-state index < -0.39 is 4.92 Å². The van der Waals surface area contributed by atoms with Gasteiger partial charge in [-0.3, -0.25) is 19.7 Å². The summed E-state index contributed by atoms with van der Waals surface area (Å²) >= 11 is 0. The molecule has 0 radical (unpaired) electrons. The van der Waals surface area contributed by atoms with E-state index in [9.17, 15) is 19.7 Å². The molecule has 0 aromatic heterocycles. The molecule has 8 nitrogen and oxygen atoms in total.